The molecule has 2 aromatic heterocycles. The number of aliphatic hydroxyl groups excluding tert-OH is 2. The normalized spacial score (nSPS) is 17.8. The number of likely N-dealkylation sites (tertiary alicyclic amines) is 1. The Balaban J connectivity index is 0.790. The second-order valence-electron chi connectivity index (χ2n) is 16.0. The van der Waals surface area contributed by atoms with Crippen molar-refractivity contribution in [2.45, 2.75) is 94.9 Å². The molecule has 2 aromatic carbocycles. The van der Waals surface area contributed by atoms with E-state index in [1.54, 1.807) is 30.6 Å². The van der Waals surface area contributed by atoms with Crippen LogP contribution in [-0.4, -0.2) is 109 Å². The summed E-state index contributed by atoms with van der Waals surface area (Å²) < 4.78 is 21.7. The molecule has 0 bridgehead atoms. The fraction of sp³-hybridized carbons (Fsp3) is 0.432. The second-order valence-corrected chi connectivity index (χ2v) is 16.8. The van der Waals surface area contributed by atoms with Crippen molar-refractivity contribution in [2.24, 2.45) is 0 Å². The van der Waals surface area contributed by atoms with Crippen LogP contribution in [0.15, 0.2) is 55.0 Å². The van der Waals surface area contributed by atoms with Crippen molar-refractivity contribution in [2.75, 3.05) is 37.3 Å². The summed E-state index contributed by atoms with van der Waals surface area (Å²) in [5.74, 6) is -2.28. The van der Waals surface area contributed by atoms with Crippen LogP contribution in [0.1, 0.15) is 96.5 Å². The average Bonchev–Trinajstić information content (AvgIpc) is 3.87. The molecule has 0 aliphatic carbocycles. The van der Waals surface area contributed by atoms with Crippen molar-refractivity contribution in [3.63, 3.8) is 0 Å². The number of piperidine rings is 2. The fourth-order valence-electron chi connectivity index (χ4n) is 8.23. The first-order valence-electron chi connectivity index (χ1n) is 21.1. The van der Waals surface area contributed by atoms with Crippen molar-refractivity contribution in [3.8, 4) is 16.9 Å². The number of fused-ring (bicyclic) bond motifs is 1. The van der Waals surface area contributed by atoms with Gasteiger partial charge >= 0.3 is 0 Å². The third-order valence-corrected chi connectivity index (χ3v) is 12.6. The highest BCUT2D eigenvalue weighted by atomic mass is 35.5. The van der Waals surface area contributed by atoms with Crippen LogP contribution in [-0.2, 0) is 20.8 Å². The molecule has 2 saturated heterocycles. The standard InChI is InChI=1S/C44H49Cl2FN8O8/c45-30-10-11-31(47)40(46)28(30)16-20-63-36-21-25(22-50-41(36)48)26-23-51-54(24-26)27-14-18-53(19-15-27)38(59)9-4-8-35(57)34(56)7-1-2-17-49-32-6-3-5-29-39(32)44(62)55(43(29)61)33-12-13-37(58)52-42(33)60/h3,5-6,10-11,21-24,27,33-35,49,56-57H,1-2,4,7-9,12-20H2,(H2,48,50)(H,52,58,60)/t33-,34-,35-/m1/s1. The Morgan fingerprint density at radius 3 is 2.51 bits per heavy atom. The number of aromatic nitrogens is 3. The summed E-state index contributed by atoms with van der Waals surface area (Å²) in [7, 11) is 0. The molecule has 7 rings (SSSR count). The zero-order valence-electron chi connectivity index (χ0n) is 34.4. The molecule has 3 aliphatic rings. The second kappa shape index (κ2) is 20.3. The summed E-state index contributed by atoms with van der Waals surface area (Å²) >= 11 is 12.3. The molecule has 5 amide bonds. The lowest BCUT2D eigenvalue weighted by molar-refractivity contribution is -0.136. The molecular formula is C44H49Cl2FN8O8. The van der Waals surface area contributed by atoms with Gasteiger partial charge in [-0.15, -0.1) is 0 Å². The van der Waals surface area contributed by atoms with Crippen LogP contribution in [0.5, 0.6) is 5.75 Å². The Bertz CT molecular complexity index is 2370. The molecule has 63 heavy (non-hydrogen) atoms. The highest BCUT2D eigenvalue weighted by molar-refractivity contribution is 6.36. The van der Waals surface area contributed by atoms with Crippen LogP contribution in [0, 0.1) is 5.82 Å². The number of carbonyl (C=O) groups excluding carboxylic acids is 5. The Labute approximate surface area is 372 Å². The number of hydrogen-bond acceptors (Lipinski definition) is 12. The number of hydrogen-bond donors (Lipinski definition) is 5. The minimum absolute atomic E-state index is 0.00223. The number of halogens is 3. The Morgan fingerprint density at radius 2 is 1.75 bits per heavy atom. The molecule has 3 atom stereocenters. The topological polar surface area (TPSA) is 222 Å². The number of benzene rings is 2. The lowest BCUT2D eigenvalue weighted by atomic mass is 10.0. The SMILES string of the molecule is Nc1ncc(-c2cnn(C3CCN(C(=O)CCC[C@@H](O)[C@H](O)CCCCNc4cccc5c4C(=O)N([C@@H]4CCC(=O)NC4=O)C5=O)CC3)c2)cc1OCCc1c(Cl)ccc(F)c1Cl. The number of imide groups is 2. The molecule has 0 saturated carbocycles. The Kier molecular flexibility index (Phi) is 14.6. The summed E-state index contributed by atoms with van der Waals surface area (Å²) in [5, 5.41) is 31.5. The van der Waals surface area contributed by atoms with Gasteiger partial charge in [-0.25, -0.2) is 9.37 Å². The average molecular weight is 908 g/mol. The van der Waals surface area contributed by atoms with Crippen molar-refractivity contribution in [1.82, 2.24) is 29.9 Å². The number of unbranched alkanes of at least 4 members (excludes halogenated alkanes) is 1. The number of pyridine rings is 1. The van der Waals surface area contributed by atoms with Crippen molar-refractivity contribution < 1.29 is 43.3 Å². The lowest BCUT2D eigenvalue weighted by Crippen LogP contribution is -2.54. The smallest absolute Gasteiger partial charge is 0.264 e. The maximum Gasteiger partial charge on any atom is 0.264 e. The molecule has 0 unspecified atom stereocenters. The summed E-state index contributed by atoms with van der Waals surface area (Å²) in [6.07, 6.45) is 7.60. The van der Waals surface area contributed by atoms with Crippen LogP contribution in [0.4, 0.5) is 15.9 Å². The van der Waals surface area contributed by atoms with Gasteiger partial charge in [0, 0.05) is 73.1 Å². The van der Waals surface area contributed by atoms with Crippen LogP contribution in [0.2, 0.25) is 10.0 Å². The first kappa shape index (κ1) is 45.4. The number of nitrogens with two attached hydrogens (primary N) is 1. The number of carbonyl (C=O) groups is 5. The maximum absolute atomic E-state index is 13.9. The third kappa shape index (κ3) is 10.4. The molecule has 334 valence electrons. The number of rotatable bonds is 18. The molecule has 4 aromatic rings. The van der Waals surface area contributed by atoms with E-state index >= 15 is 0 Å². The lowest BCUT2D eigenvalue weighted by Gasteiger charge is -2.32. The summed E-state index contributed by atoms with van der Waals surface area (Å²) in [6.45, 7) is 1.70. The number of nitrogens with one attached hydrogen (secondary N) is 2. The van der Waals surface area contributed by atoms with Gasteiger partial charge < -0.3 is 30.9 Å². The van der Waals surface area contributed by atoms with Gasteiger partial charge in [0.05, 0.1) is 47.2 Å². The molecule has 3 aliphatic heterocycles. The predicted octanol–water partition coefficient (Wildman–Crippen LogP) is 5.33. The molecule has 16 nitrogen and oxygen atoms in total. The number of ether oxygens (including phenoxy) is 1. The fourth-order valence-corrected chi connectivity index (χ4v) is 8.79. The van der Waals surface area contributed by atoms with Crippen molar-refractivity contribution in [3.05, 3.63) is 87.5 Å². The molecule has 5 heterocycles. The maximum atomic E-state index is 13.9. The van der Waals surface area contributed by atoms with E-state index in [0.717, 1.165) is 16.0 Å². The monoisotopic (exact) mass is 906 g/mol. The molecule has 2 fully saturated rings. The largest absolute Gasteiger partial charge is 0.489 e. The summed E-state index contributed by atoms with van der Waals surface area (Å²) in [5.41, 5.74) is 8.90. The molecule has 19 heteroatoms. The van der Waals surface area contributed by atoms with E-state index in [0.29, 0.717) is 80.2 Å². The van der Waals surface area contributed by atoms with E-state index in [4.69, 9.17) is 33.7 Å². The predicted molar refractivity (Wildman–Crippen MR) is 232 cm³/mol. The number of anilines is 2. The van der Waals surface area contributed by atoms with Crippen LogP contribution in [0.25, 0.3) is 11.1 Å². The van der Waals surface area contributed by atoms with Gasteiger partial charge in [-0.2, -0.15) is 5.10 Å². The van der Waals surface area contributed by atoms with E-state index < -0.39 is 47.7 Å². The zero-order chi connectivity index (χ0) is 44.8. The van der Waals surface area contributed by atoms with Gasteiger partial charge in [-0.1, -0.05) is 29.3 Å². The summed E-state index contributed by atoms with van der Waals surface area (Å²) in [4.78, 5) is 70.5. The minimum atomic E-state index is -1.05. The van der Waals surface area contributed by atoms with Gasteiger partial charge in [0.2, 0.25) is 17.7 Å². The van der Waals surface area contributed by atoms with E-state index in [-0.39, 0.29) is 72.6 Å². The number of nitrogens with zero attached hydrogens (tertiary/aromatic N) is 5. The quantitative estimate of drug-likeness (QED) is 0.0486. The van der Waals surface area contributed by atoms with Gasteiger partial charge in [0.1, 0.15) is 11.9 Å². The van der Waals surface area contributed by atoms with Crippen molar-refractivity contribution in [1.29, 1.82) is 0 Å². The van der Waals surface area contributed by atoms with Crippen LogP contribution in [0.3, 0.4) is 0 Å². The minimum Gasteiger partial charge on any atom is -0.489 e. The van der Waals surface area contributed by atoms with Crippen molar-refractivity contribution >= 4 is 64.2 Å². The number of nitrogen functional groups attached to an aromatic ring is 1. The van der Waals surface area contributed by atoms with Gasteiger partial charge in [-0.05, 0) is 87.3 Å². The van der Waals surface area contributed by atoms with Crippen LogP contribution < -0.4 is 21.1 Å². The number of amides is 5. The summed E-state index contributed by atoms with van der Waals surface area (Å²) in [6, 6.07) is 8.32. The number of aliphatic hydroxyl groups is 2. The zero-order valence-corrected chi connectivity index (χ0v) is 35.9. The van der Waals surface area contributed by atoms with E-state index in [1.165, 1.54) is 18.2 Å². The molecule has 0 spiro atoms. The van der Waals surface area contributed by atoms with E-state index in [2.05, 4.69) is 20.7 Å². The highest BCUT2D eigenvalue weighted by Crippen LogP contribution is 2.34. The first-order chi connectivity index (χ1) is 30.3. The molecular weight excluding hydrogens is 858 g/mol. The van der Waals surface area contributed by atoms with Gasteiger partial charge in [0.25, 0.3) is 11.8 Å². The molecule has 6 N–H and O–H groups in total. The Hall–Kier alpha value is -5.62. The first-order valence-corrected chi connectivity index (χ1v) is 21.8. The molecule has 0 radical (unpaired) electrons. The van der Waals surface area contributed by atoms with Gasteiger partial charge in [-0.3, -0.25) is 38.9 Å². The van der Waals surface area contributed by atoms with Crippen LogP contribution >= 0.6 is 23.2 Å². The van der Waals surface area contributed by atoms with Gasteiger partial charge in [0.15, 0.2) is 11.6 Å². The third-order valence-electron chi connectivity index (χ3n) is 11.8. The Morgan fingerprint density at radius 1 is 0.984 bits per heavy atom. The van der Waals surface area contributed by atoms with E-state index in [1.807, 2.05) is 15.8 Å². The van der Waals surface area contributed by atoms with E-state index in [9.17, 15) is 38.6 Å². The highest BCUT2D eigenvalue weighted by Gasteiger charge is 2.45.